The van der Waals surface area contributed by atoms with Gasteiger partial charge in [0.25, 0.3) is 0 Å². The van der Waals surface area contributed by atoms with E-state index >= 15 is 0 Å². The molecule has 1 aromatic carbocycles. The summed E-state index contributed by atoms with van der Waals surface area (Å²) in [4.78, 5) is 16.2. The average Bonchev–Trinajstić information content (AvgIpc) is 3.46. The van der Waals surface area contributed by atoms with E-state index in [1.54, 1.807) is 23.0 Å². The van der Waals surface area contributed by atoms with Crippen molar-refractivity contribution >= 4 is 5.91 Å². The van der Waals surface area contributed by atoms with E-state index < -0.39 is 5.91 Å². The van der Waals surface area contributed by atoms with Gasteiger partial charge in [0.05, 0.1) is 12.4 Å². The molecule has 0 saturated heterocycles. The zero-order valence-corrected chi connectivity index (χ0v) is 15.9. The van der Waals surface area contributed by atoms with Crippen molar-refractivity contribution in [2.75, 3.05) is 0 Å². The number of amides is 1. The number of rotatable bonds is 4. The molecule has 0 saturated carbocycles. The predicted molar refractivity (Wildman–Crippen MR) is 105 cm³/mol. The molecule has 1 aliphatic heterocycles. The molecule has 2 N–H and O–H groups in total. The Balaban J connectivity index is 1.57. The van der Waals surface area contributed by atoms with Crippen LogP contribution in [0.5, 0.6) is 0 Å². The molecule has 1 aliphatic rings. The molecular weight excluding hydrogens is 368 g/mol. The summed E-state index contributed by atoms with van der Waals surface area (Å²) in [6.07, 6.45) is 7.35. The summed E-state index contributed by atoms with van der Waals surface area (Å²) in [7, 11) is 1.88. The Kier molecular flexibility index (Phi) is 4.01. The molecular formula is C20H20N8O. The molecule has 0 bridgehead atoms. The van der Waals surface area contributed by atoms with Crippen LogP contribution >= 0.6 is 0 Å². The number of aryl methyl sites for hydroxylation is 2. The van der Waals surface area contributed by atoms with Crippen LogP contribution in [0.1, 0.15) is 34.2 Å². The quantitative estimate of drug-likeness (QED) is 0.572. The van der Waals surface area contributed by atoms with Crippen molar-refractivity contribution in [2.45, 2.75) is 25.3 Å². The predicted octanol–water partition coefficient (Wildman–Crippen LogP) is 1.69. The molecule has 146 valence electrons. The van der Waals surface area contributed by atoms with E-state index in [9.17, 15) is 4.79 Å². The third kappa shape index (κ3) is 3.10. The molecule has 0 fully saturated rings. The minimum Gasteiger partial charge on any atom is -0.366 e. The molecule has 4 aromatic rings. The average molecular weight is 388 g/mol. The van der Waals surface area contributed by atoms with E-state index in [-0.39, 0.29) is 5.92 Å². The van der Waals surface area contributed by atoms with Crippen LogP contribution < -0.4 is 5.73 Å². The van der Waals surface area contributed by atoms with Crippen molar-refractivity contribution in [3.05, 3.63) is 66.0 Å². The Labute approximate surface area is 166 Å². The van der Waals surface area contributed by atoms with Crippen LogP contribution in [0.3, 0.4) is 0 Å². The summed E-state index contributed by atoms with van der Waals surface area (Å²) in [6, 6.07) is 9.09. The fraction of sp³-hybridized carbons (Fsp3) is 0.250. The molecule has 1 unspecified atom stereocenters. The van der Waals surface area contributed by atoms with Crippen molar-refractivity contribution in [1.29, 1.82) is 0 Å². The van der Waals surface area contributed by atoms with Gasteiger partial charge in [0.2, 0.25) is 5.91 Å². The molecule has 0 aliphatic carbocycles. The standard InChI is InChI=1S/C20H20N8O/c1-26-12-17(11-23-26)28-20(15-7-9-27-16(10-15)6-8-22-27)24-19(25-28)14-4-2-13(3-5-14)18(21)29/h2-6,8,11-12,15H,7,9-10H2,1H3,(H2,21,29). The Morgan fingerprint density at radius 2 is 2.00 bits per heavy atom. The van der Waals surface area contributed by atoms with Crippen LogP contribution in [0.25, 0.3) is 17.1 Å². The van der Waals surface area contributed by atoms with Gasteiger partial charge in [-0.15, -0.1) is 5.10 Å². The molecule has 4 heterocycles. The first-order chi connectivity index (χ1) is 14.1. The maximum atomic E-state index is 11.3. The maximum Gasteiger partial charge on any atom is 0.248 e. The summed E-state index contributed by atoms with van der Waals surface area (Å²) in [5.41, 5.74) is 8.71. The summed E-state index contributed by atoms with van der Waals surface area (Å²) in [5.74, 6) is 1.29. The van der Waals surface area contributed by atoms with Crippen molar-refractivity contribution in [3.8, 4) is 17.1 Å². The molecule has 1 amide bonds. The number of carbonyl (C=O) groups excluding carboxylic acids is 1. The van der Waals surface area contributed by atoms with Crippen molar-refractivity contribution in [1.82, 2.24) is 34.3 Å². The summed E-state index contributed by atoms with van der Waals surface area (Å²) < 4.78 is 5.67. The number of nitrogens with two attached hydrogens (primary N) is 1. The second kappa shape index (κ2) is 6.69. The monoisotopic (exact) mass is 388 g/mol. The van der Waals surface area contributed by atoms with E-state index in [1.807, 2.05) is 40.9 Å². The largest absolute Gasteiger partial charge is 0.366 e. The van der Waals surface area contributed by atoms with E-state index in [0.717, 1.165) is 36.5 Å². The number of fused-ring (bicyclic) bond motifs is 1. The normalized spacial score (nSPS) is 16.0. The van der Waals surface area contributed by atoms with Crippen molar-refractivity contribution in [2.24, 2.45) is 12.8 Å². The molecule has 1 atom stereocenters. The fourth-order valence-electron chi connectivity index (χ4n) is 3.79. The van der Waals surface area contributed by atoms with E-state index in [1.165, 1.54) is 5.69 Å². The Morgan fingerprint density at radius 1 is 1.17 bits per heavy atom. The van der Waals surface area contributed by atoms with E-state index in [0.29, 0.717) is 11.4 Å². The number of carbonyl (C=O) groups is 1. The molecule has 9 heteroatoms. The Hall–Kier alpha value is -3.75. The molecule has 0 radical (unpaired) electrons. The zero-order valence-electron chi connectivity index (χ0n) is 15.9. The van der Waals surface area contributed by atoms with Gasteiger partial charge >= 0.3 is 0 Å². The lowest BCUT2D eigenvalue weighted by molar-refractivity contribution is 0.100. The van der Waals surface area contributed by atoms with Gasteiger partial charge in [0, 0.05) is 42.5 Å². The third-order valence-corrected chi connectivity index (χ3v) is 5.31. The van der Waals surface area contributed by atoms with Gasteiger partial charge in [-0.25, -0.2) is 9.67 Å². The van der Waals surface area contributed by atoms with Crippen LogP contribution in [-0.4, -0.2) is 40.2 Å². The Bertz CT molecular complexity index is 1180. The highest BCUT2D eigenvalue weighted by Gasteiger charge is 2.27. The first kappa shape index (κ1) is 17.4. The molecule has 3 aromatic heterocycles. The van der Waals surface area contributed by atoms with Gasteiger partial charge in [-0.3, -0.25) is 14.2 Å². The first-order valence-electron chi connectivity index (χ1n) is 9.45. The number of aromatic nitrogens is 7. The lowest BCUT2D eigenvalue weighted by atomic mass is 9.95. The number of hydrogen-bond acceptors (Lipinski definition) is 5. The fourth-order valence-corrected chi connectivity index (χ4v) is 3.79. The lowest BCUT2D eigenvalue weighted by Crippen LogP contribution is -2.21. The number of nitrogens with zero attached hydrogens (tertiary/aromatic N) is 7. The topological polar surface area (TPSA) is 109 Å². The van der Waals surface area contributed by atoms with Crippen LogP contribution in [-0.2, 0) is 20.0 Å². The van der Waals surface area contributed by atoms with Crippen LogP contribution in [0.15, 0.2) is 48.9 Å². The van der Waals surface area contributed by atoms with Gasteiger partial charge in [-0.2, -0.15) is 10.2 Å². The van der Waals surface area contributed by atoms with Crippen LogP contribution in [0.4, 0.5) is 0 Å². The van der Waals surface area contributed by atoms with Gasteiger partial charge in [0.1, 0.15) is 11.5 Å². The minimum absolute atomic E-state index is 0.227. The second-order valence-electron chi connectivity index (χ2n) is 7.25. The molecule has 29 heavy (non-hydrogen) atoms. The highest BCUT2D eigenvalue weighted by molar-refractivity contribution is 5.93. The maximum absolute atomic E-state index is 11.3. The Morgan fingerprint density at radius 3 is 2.72 bits per heavy atom. The lowest BCUT2D eigenvalue weighted by Gasteiger charge is -2.22. The minimum atomic E-state index is -0.454. The molecule has 9 nitrogen and oxygen atoms in total. The van der Waals surface area contributed by atoms with E-state index in [2.05, 4.69) is 16.3 Å². The SMILES string of the molecule is Cn1cc(-n2nc(-c3ccc(C(N)=O)cc3)nc2C2CCn3nccc3C2)cn1. The zero-order chi connectivity index (χ0) is 20.0. The molecule has 5 rings (SSSR count). The highest BCUT2D eigenvalue weighted by Crippen LogP contribution is 2.31. The number of hydrogen-bond donors (Lipinski definition) is 1. The van der Waals surface area contributed by atoms with E-state index in [4.69, 9.17) is 15.8 Å². The van der Waals surface area contributed by atoms with Crippen LogP contribution in [0, 0.1) is 0 Å². The van der Waals surface area contributed by atoms with Gasteiger partial charge in [-0.05, 0) is 31.0 Å². The smallest absolute Gasteiger partial charge is 0.248 e. The van der Waals surface area contributed by atoms with Gasteiger partial charge in [0.15, 0.2) is 5.82 Å². The number of primary amides is 1. The van der Waals surface area contributed by atoms with Crippen molar-refractivity contribution in [3.63, 3.8) is 0 Å². The second-order valence-corrected chi connectivity index (χ2v) is 7.25. The van der Waals surface area contributed by atoms with Crippen LogP contribution in [0.2, 0.25) is 0 Å². The van der Waals surface area contributed by atoms with Gasteiger partial charge < -0.3 is 5.73 Å². The molecule has 0 spiro atoms. The first-order valence-corrected chi connectivity index (χ1v) is 9.45. The highest BCUT2D eigenvalue weighted by atomic mass is 16.1. The summed E-state index contributed by atoms with van der Waals surface area (Å²) in [6.45, 7) is 0.857. The van der Waals surface area contributed by atoms with Gasteiger partial charge in [-0.1, -0.05) is 12.1 Å². The van der Waals surface area contributed by atoms with Crippen molar-refractivity contribution < 1.29 is 4.79 Å². The number of benzene rings is 1. The third-order valence-electron chi connectivity index (χ3n) is 5.31. The summed E-state index contributed by atoms with van der Waals surface area (Å²) >= 11 is 0. The summed E-state index contributed by atoms with van der Waals surface area (Å²) in [5, 5.41) is 13.4.